The zero-order valence-electron chi connectivity index (χ0n) is 12.2. The largest absolute Gasteiger partial charge is 0.497 e. The summed E-state index contributed by atoms with van der Waals surface area (Å²) < 4.78 is 5.16. The average Bonchev–Trinajstić information content (AvgIpc) is 2.53. The summed E-state index contributed by atoms with van der Waals surface area (Å²) in [7, 11) is 3.65. The van der Waals surface area contributed by atoms with E-state index in [9.17, 15) is 4.79 Å². The van der Waals surface area contributed by atoms with E-state index in [0.29, 0.717) is 13.2 Å². The quantitative estimate of drug-likeness (QED) is 0.868. The van der Waals surface area contributed by atoms with Crippen LogP contribution in [0.5, 0.6) is 5.75 Å². The Hall–Kier alpha value is -2.49. The van der Waals surface area contributed by atoms with Gasteiger partial charge < -0.3 is 14.5 Å². The molecule has 0 fully saturated rings. The van der Waals surface area contributed by atoms with Gasteiger partial charge in [-0.25, -0.2) is 0 Å². The molecule has 0 radical (unpaired) electrons. The number of carbonyl (C=O) groups is 1. The van der Waals surface area contributed by atoms with Crippen molar-refractivity contribution >= 4 is 11.6 Å². The van der Waals surface area contributed by atoms with Crippen LogP contribution in [0.3, 0.4) is 0 Å². The van der Waals surface area contributed by atoms with Crippen molar-refractivity contribution in [3.8, 4) is 5.75 Å². The Morgan fingerprint density at radius 2 is 1.81 bits per heavy atom. The summed E-state index contributed by atoms with van der Waals surface area (Å²) in [5, 5.41) is 0. The van der Waals surface area contributed by atoms with Gasteiger partial charge in [-0.2, -0.15) is 0 Å². The van der Waals surface area contributed by atoms with Gasteiger partial charge in [0.1, 0.15) is 5.75 Å². The minimum atomic E-state index is 0.0829. The maximum Gasteiger partial charge on any atom is 0.257 e. The molecule has 0 bridgehead atoms. The van der Waals surface area contributed by atoms with Gasteiger partial charge >= 0.3 is 0 Å². The van der Waals surface area contributed by atoms with Crippen LogP contribution in [0.4, 0.5) is 5.69 Å². The lowest BCUT2D eigenvalue weighted by Gasteiger charge is -2.35. The van der Waals surface area contributed by atoms with Crippen molar-refractivity contribution in [3.63, 3.8) is 0 Å². The van der Waals surface area contributed by atoms with Crippen molar-refractivity contribution in [1.82, 2.24) is 4.90 Å². The van der Waals surface area contributed by atoms with Crippen LogP contribution in [0, 0.1) is 0 Å². The van der Waals surface area contributed by atoms with Gasteiger partial charge in [0.05, 0.1) is 25.0 Å². The van der Waals surface area contributed by atoms with E-state index in [1.54, 1.807) is 7.11 Å². The fourth-order valence-electron chi connectivity index (χ4n) is 2.63. The summed E-state index contributed by atoms with van der Waals surface area (Å²) in [4.78, 5) is 16.5. The highest BCUT2D eigenvalue weighted by Crippen LogP contribution is 2.26. The van der Waals surface area contributed by atoms with Gasteiger partial charge in [0.25, 0.3) is 5.91 Å². The van der Waals surface area contributed by atoms with Crippen molar-refractivity contribution < 1.29 is 9.53 Å². The number of carbonyl (C=O) groups excluding carboxylic acids is 1. The zero-order chi connectivity index (χ0) is 14.8. The van der Waals surface area contributed by atoms with Gasteiger partial charge in [-0.3, -0.25) is 4.79 Å². The first-order chi connectivity index (χ1) is 10.2. The van der Waals surface area contributed by atoms with Gasteiger partial charge in [0.2, 0.25) is 0 Å². The third kappa shape index (κ3) is 2.57. The normalized spacial score (nSPS) is 14.1. The Kier molecular flexibility index (Phi) is 3.52. The summed E-state index contributed by atoms with van der Waals surface area (Å²) in [6, 6.07) is 15.6. The monoisotopic (exact) mass is 282 g/mol. The molecule has 3 rings (SSSR count). The van der Waals surface area contributed by atoms with Crippen molar-refractivity contribution in [2.24, 2.45) is 0 Å². The number of fused-ring (bicyclic) bond motifs is 1. The van der Waals surface area contributed by atoms with Gasteiger partial charge in [0.15, 0.2) is 0 Å². The van der Waals surface area contributed by atoms with Crippen molar-refractivity contribution in [2.45, 2.75) is 6.54 Å². The number of amides is 1. The molecule has 0 spiro atoms. The molecule has 21 heavy (non-hydrogen) atoms. The van der Waals surface area contributed by atoms with Crippen LogP contribution in [0.2, 0.25) is 0 Å². The minimum absolute atomic E-state index is 0.0829. The maximum atomic E-state index is 12.6. The summed E-state index contributed by atoms with van der Waals surface area (Å²) >= 11 is 0. The lowest BCUT2D eigenvalue weighted by molar-refractivity contribution is 0.0731. The number of para-hydroxylation sites is 1. The Bertz CT molecular complexity index is 652. The number of ether oxygens (including phenoxy) is 1. The molecule has 1 aliphatic heterocycles. The van der Waals surface area contributed by atoms with Crippen molar-refractivity contribution in [3.05, 3.63) is 59.7 Å². The second-order valence-electron chi connectivity index (χ2n) is 5.21. The van der Waals surface area contributed by atoms with E-state index >= 15 is 0 Å². The molecule has 4 heteroatoms. The number of anilines is 1. The molecule has 0 atom stereocenters. The first-order valence-electron chi connectivity index (χ1n) is 6.91. The highest BCUT2D eigenvalue weighted by molar-refractivity contribution is 6.01. The Morgan fingerprint density at radius 1 is 1.10 bits per heavy atom. The van der Waals surface area contributed by atoms with Gasteiger partial charge in [0, 0.05) is 13.6 Å². The predicted molar refractivity (Wildman–Crippen MR) is 82.6 cm³/mol. The molecule has 108 valence electrons. The Morgan fingerprint density at radius 3 is 2.52 bits per heavy atom. The second-order valence-corrected chi connectivity index (χ2v) is 5.21. The Balaban J connectivity index is 1.82. The molecule has 0 saturated carbocycles. The highest BCUT2D eigenvalue weighted by Gasteiger charge is 2.26. The molecule has 2 aromatic carbocycles. The van der Waals surface area contributed by atoms with Crippen LogP contribution in [-0.4, -0.2) is 31.6 Å². The van der Waals surface area contributed by atoms with Crippen LogP contribution in [0.25, 0.3) is 0 Å². The van der Waals surface area contributed by atoms with Gasteiger partial charge in [-0.15, -0.1) is 0 Å². The van der Waals surface area contributed by atoms with Crippen LogP contribution in [0.1, 0.15) is 15.9 Å². The molecule has 0 saturated heterocycles. The third-order valence-corrected chi connectivity index (χ3v) is 3.75. The van der Waals surface area contributed by atoms with Crippen molar-refractivity contribution in [2.75, 3.05) is 25.7 Å². The standard InChI is InChI=1S/C17H18N2O2/c1-18-12-19(11-13-7-9-14(21-2)10-8-13)17(20)15-5-3-4-6-16(15)18/h3-10H,11-12H2,1-2H3. The fraction of sp³-hybridized carbons (Fsp3) is 0.235. The summed E-state index contributed by atoms with van der Waals surface area (Å²) in [6.45, 7) is 1.20. The van der Waals surface area contributed by atoms with E-state index in [0.717, 1.165) is 22.6 Å². The number of benzene rings is 2. The molecule has 1 amide bonds. The van der Waals surface area contributed by atoms with Crippen molar-refractivity contribution in [1.29, 1.82) is 0 Å². The van der Waals surface area contributed by atoms with E-state index in [1.165, 1.54) is 0 Å². The molecular formula is C17H18N2O2. The fourth-order valence-corrected chi connectivity index (χ4v) is 2.63. The molecule has 0 N–H and O–H groups in total. The van der Waals surface area contributed by atoms with Crippen LogP contribution in [-0.2, 0) is 6.54 Å². The Labute approximate surface area is 124 Å². The number of hydrogen-bond donors (Lipinski definition) is 0. The first-order valence-corrected chi connectivity index (χ1v) is 6.91. The van der Waals surface area contributed by atoms with E-state index < -0.39 is 0 Å². The molecule has 4 nitrogen and oxygen atoms in total. The summed E-state index contributed by atoms with van der Waals surface area (Å²) in [6.07, 6.45) is 0. The molecule has 1 aliphatic rings. The van der Waals surface area contributed by atoms with Crippen LogP contribution >= 0.6 is 0 Å². The predicted octanol–water partition coefficient (Wildman–Crippen LogP) is 2.74. The van der Waals surface area contributed by atoms with E-state index in [2.05, 4.69) is 4.90 Å². The van der Waals surface area contributed by atoms with Crippen LogP contribution in [0.15, 0.2) is 48.5 Å². The van der Waals surface area contributed by atoms with E-state index in [1.807, 2.05) is 60.5 Å². The highest BCUT2D eigenvalue weighted by atomic mass is 16.5. The maximum absolute atomic E-state index is 12.6. The number of hydrogen-bond acceptors (Lipinski definition) is 3. The molecule has 0 unspecified atom stereocenters. The number of methoxy groups -OCH3 is 1. The molecule has 1 heterocycles. The SMILES string of the molecule is COc1ccc(CN2CN(C)c3ccccc3C2=O)cc1. The van der Waals surface area contributed by atoms with Gasteiger partial charge in [-0.1, -0.05) is 24.3 Å². The molecule has 0 aliphatic carbocycles. The second kappa shape index (κ2) is 5.48. The first kappa shape index (κ1) is 13.5. The molecule has 2 aromatic rings. The third-order valence-electron chi connectivity index (χ3n) is 3.75. The zero-order valence-corrected chi connectivity index (χ0v) is 12.2. The summed E-state index contributed by atoms with van der Waals surface area (Å²) in [5.74, 6) is 0.908. The minimum Gasteiger partial charge on any atom is -0.497 e. The summed E-state index contributed by atoms with van der Waals surface area (Å²) in [5.41, 5.74) is 2.85. The van der Waals surface area contributed by atoms with Gasteiger partial charge in [-0.05, 0) is 29.8 Å². The lowest BCUT2D eigenvalue weighted by Crippen LogP contribution is -2.44. The average molecular weight is 282 g/mol. The topological polar surface area (TPSA) is 32.8 Å². The number of nitrogens with zero attached hydrogens (tertiary/aromatic N) is 2. The number of rotatable bonds is 3. The lowest BCUT2D eigenvalue weighted by atomic mass is 10.1. The smallest absolute Gasteiger partial charge is 0.257 e. The van der Waals surface area contributed by atoms with E-state index in [-0.39, 0.29) is 5.91 Å². The molecular weight excluding hydrogens is 264 g/mol. The van der Waals surface area contributed by atoms with Crippen LogP contribution < -0.4 is 9.64 Å². The van der Waals surface area contributed by atoms with E-state index in [4.69, 9.17) is 4.74 Å². The molecule has 0 aromatic heterocycles.